The third-order valence-corrected chi connectivity index (χ3v) is 3.66. The molecule has 2 aromatic heterocycles. The van der Waals surface area contributed by atoms with Gasteiger partial charge in [-0.15, -0.1) is 0 Å². The van der Waals surface area contributed by atoms with Crippen LogP contribution < -0.4 is 20.3 Å². The summed E-state index contributed by atoms with van der Waals surface area (Å²) in [5, 5.41) is 6.72. The Balaban J connectivity index is 1.63. The predicted octanol–water partition coefficient (Wildman–Crippen LogP) is 2.59. The van der Waals surface area contributed by atoms with Gasteiger partial charge in [-0.05, 0) is 30.3 Å². The highest BCUT2D eigenvalue weighted by Crippen LogP contribution is 2.29. The summed E-state index contributed by atoms with van der Waals surface area (Å²) in [5.41, 5.74) is 7.36. The molecule has 8 heteroatoms. The van der Waals surface area contributed by atoms with Crippen LogP contribution in [0.5, 0.6) is 11.5 Å². The van der Waals surface area contributed by atoms with E-state index in [1.807, 2.05) is 0 Å². The Morgan fingerprint density at radius 3 is 2.65 bits per heavy atom. The average Bonchev–Trinajstić information content (AvgIpc) is 3.36. The van der Waals surface area contributed by atoms with E-state index in [0.717, 1.165) is 5.56 Å². The second kappa shape index (κ2) is 7.47. The van der Waals surface area contributed by atoms with Crippen LogP contribution in [0.1, 0.15) is 16.1 Å². The fraction of sp³-hybridized carbons (Fsp3) is 0.111. The van der Waals surface area contributed by atoms with Crippen molar-refractivity contribution in [3.05, 3.63) is 60.5 Å². The van der Waals surface area contributed by atoms with Crippen LogP contribution in [0.2, 0.25) is 0 Å². The molecule has 3 aromatic rings. The Labute approximate surface area is 149 Å². The standard InChI is InChI=1S/C18H18N4O4/c1-11(12-6-7-16(24-2)17(9-12)25-3)19-22-18(23)14-10-13(20-21-14)15-5-4-8-26-15/h4-10,19H,1H2,2-3H3,(H,20,21)(H,22,23). The van der Waals surface area contributed by atoms with Gasteiger partial charge in [0, 0.05) is 11.6 Å². The van der Waals surface area contributed by atoms with Crippen LogP contribution in [-0.4, -0.2) is 30.3 Å². The molecule has 3 rings (SSSR count). The van der Waals surface area contributed by atoms with Crippen molar-refractivity contribution in [2.75, 3.05) is 14.2 Å². The molecule has 26 heavy (non-hydrogen) atoms. The molecule has 3 N–H and O–H groups in total. The van der Waals surface area contributed by atoms with E-state index in [1.54, 1.807) is 56.9 Å². The molecule has 0 saturated carbocycles. The lowest BCUT2D eigenvalue weighted by Gasteiger charge is -2.13. The highest BCUT2D eigenvalue weighted by molar-refractivity contribution is 5.93. The number of amides is 1. The van der Waals surface area contributed by atoms with Crippen molar-refractivity contribution < 1.29 is 18.7 Å². The lowest BCUT2D eigenvalue weighted by atomic mass is 10.1. The molecule has 0 bridgehead atoms. The van der Waals surface area contributed by atoms with Gasteiger partial charge in [0.25, 0.3) is 5.91 Å². The van der Waals surface area contributed by atoms with Crippen LogP contribution in [0.25, 0.3) is 17.2 Å². The summed E-state index contributed by atoms with van der Waals surface area (Å²) in [7, 11) is 3.11. The number of nitrogens with one attached hydrogen (secondary N) is 3. The summed E-state index contributed by atoms with van der Waals surface area (Å²) in [5.74, 6) is 1.35. The first-order valence-corrected chi connectivity index (χ1v) is 7.69. The zero-order valence-corrected chi connectivity index (χ0v) is 14.3. The number of H-pyrrole nitrogens is 1. The number of nitrogens with zero attached hydrogens (tertiary/aromatic N) is 1. The highest BCUT2D eigenvalue weighted by Gasteiger charge is 2.13. The van der Waals surface area contributed by atoms with Gasteiger partial charge < -0.3 is 13.9 Å². The molecule has 0 aliphatic rings. The summed E-state index contributed by atoms with van der Waals surface area (Å²) in [6, 6.07) is 10.4. The molecule has 0 saturated heterocycles. The number of furan rings is 1. The Morgan fingerprint density at radius 1 is 1.15 bits per heavy atom. The second-order valence-electron chi connectivity index (χ2n) is 5.27. The molecular formula is C18H18N4O4. The van der Waals surface area contributed by atoms with Crippen LogP contribution in [0.15, 0.2) is 53.7 Å². The molecule has 0 spiro atoms. The predicted molar refractivity (Wildman–Crippen MR) is 95.5 cm³/mol. The molecular weight excluding hydrogens is 336 g/mol. The number of hydrogen-bond donors (Lipinski definition) is 3. The van der Waals surface area contributed by atoms with Gasteiger partial charge >= 0.3 is 0 Å². The third-order valence-electron chi connectivity index (χ3n) is 3.66. The van der Waals surface area contributed by atoms with Gasteiger partial charge in [-0.2, -0.15) is 5.10 Å². The van der Waals surface area contributed by atoms with E-state index in [-0.39, 0.29) is 5.69 Å². The molecule has 0 aliphatic carbocycles. The van der Waals surface area contributed by atoms with Crippen molar-refractivity contribution in [1.29, 1.82) is 0 Å². The molecule has 1 amide bonds. The SMILES string of the molecule is C=C(NNC(=O)c1cc(-c2ccco2)[nH]n1)c1ccc(OC)c(OC)c1. The van der Waals surface area contributed by atoms with E-state index in [4.69, 9.17) is 13.9 Å². The van der Waals surface area contributed by atoms with Gasteiger partial charge in [-0.1, -0.05) is 6.58 Å². The Morgan fingerprint density at radius 2 is 1.96 bits per heavy atom. The minimum absolute atomic E-state index is 0.212. The first kappa shape index (κ1) is 17.2. The minimum Gasteiger partial charge on any atom is -0.493 e. The molecule has 8 nitrogen and oxygen atoms in total. The van der Waals surface area contributed by atoms with E-state index in [2.05, 4.69) is 27.6 Å². The lowest BCUT2D eigenvalue weighted by Crippen LogP contribution is -2.36. The van der Waals surface area contributed by atoms with E-state index >= 15 is 0 Å². The van der Waals surface area contributed by atoms with Crippen molar-refractivity contribution in [3.8, 4) is 23.0 Å². The molecule has 1 aromatic carbocycles. The monoisotopic (exact) mass is 354 g/mol. The number of benzene rings is 1. The van der Waals surface area contributed by atoms with Crippen molar-refractivity contribution >= 4 is 11.6 Å². The number of hydrazine groups is 1. The van der Waals surface area contributed by atoms with Crippen molar-refractivity contribution in [3.63, 3.8) is 0 Å². The van der Waals surface area contributed by atoms with Gasteiger partial charge in [0.2, 0.25) is 0 Å². The van der Waals surface area contributed by atoms with Crippen LogP contribution in [0.4, 0.5) is 0 Å². The fourth-order valence-corrected chi connectivity index (χ4v) is 2.29. The number of ether oxygens (including phenoxy) is 2. The second-order valence-corrected chi connectivity index (χ2v) is 5.27. The molecule has 134 valence electrons. The maximum atomic E-state index is 12.2. The average molecular weight is 354 g/mol. The van der Waals surface area contributed by atoms with Gasteiger partial charge in [0.05, 0.1) is 26.2 Å². The first-order valence-electron chi connectivity index (χ1n) is 7.69. The molecule has 0 unspecified atom stereocenters. The minimum atomic E-state index is -0.416. The zero-order valence-electron chi connectivity index (χ0n) is 14.3. The third kappa shape index (κ3) is 3.54. The lowest BCUT2D eigenvalue weighted by molar-refractivity contribution is 0.0937. The Bertz CT molecular complexity index is 915. The summed E-state index contributed by atoms with van der Waals surface area (Å²) >= 11 is 0. The summed E-state index contributed by atoms with van der Waals surface area (Å²) < 4.78 is 15.7. The number of rotatable bonds is 7. The van der Waals surface area contributed by atoms with Gasteiger partial charge in [-0.3, -0.25) is 20.7 Å². The zero-order chi connectivity index (χ0) is 18.5. The number of aromatic nitrogens is 2. The molecule has 0 fully saturated rings. The first-order chi connectivity index (χ1) is 12.6. The number of carbonyl (C=O) groups is 1. The van der Waals surface area contributed by atoms with E-state index in [1.165, 1.54) is 0 Å². The maximum Gasteiger partial charge on any atom is 0.290 e. The van der Waals surface area contributed by atoms with Crippen LogP contribution in [-0.2, 0) is 0 Å². The quantitative estimate of drug-likeness (QED) is 0.564. The van der Waals surface area contributed by atoms with Gasteiger partial charge in [0.15, 0.2) is 23.0 Å². The van der Waals surface area contributed by atoms with E-state index in [0.29, 0.717) is 28.7 Å². The van der Waals surface area contributed by atoms with Crippen LogP contribution in [0, 0.1) is 0 Å². The smallest absolute Gasteiger partial charge is 0.290 e. The van der Waals surface area contributed by atoms with Gasteiger partial charge in [-0.25, -0.2) is 0 Å². The number of aromatic amines is 1. The van der Waals surface area contributed by atoms with Crippen LogP contribution in [0.3, 0.4) is 0 Å². The number of carbonyl (C=O) groups excluding carboxylic acids is 1. The van der Waals surface area contributed by atoms with Crippen molar-refractivity contribution in [1.82, 2.24) is 21.0 Å². The largest absolute Gasteiger partial charge is 0.493 e. The highest BCUT2D eigenvalue weighted by atomic mass is 16.5. The molecule has 0 atom stereocenters. The van der Waals surface area contributed by atoms with Crippen LogP contribution >= 0.6 is 0 Å². The maximum absolute atomic E-state index is 12.2. The Kier molecular flexibility index (Phi) is 4.93. The number of hydrogen-bond acceptors (Lipinski definition) is 6. The number of methoxy groups -OCH3 is 2. The Hall–Kier alpha value is -3.68. The van der Waals surface area contributed by atoms with E-state index < -0.39 is 5.91 Å². The summed E-state index contributed by atoms with van der Waals surface area (Å²) in [6.45, 7) is 3.90. The van der Waals surface area contributed by atoms with Crippen molar-refractivity contribution in [2.45, 2.75) is 0 Å². The molecule has 0 radical (unpaired) electrons. The molecule has 0 aliphatic heterocycles. The van der Waals surface area contributed by atoms with Crippen molar-refractivity contribution in [2.24, 2.45) is 0 Å². The summed E-state index contributed by atoms with van der Waals surface area (Å²) in [6.07, 6.45) is 1.55. The summed E-state index contributed by atoms with van der Waals surface area (Å²) in [4.78, 5) is 12.2. The topological polar surface area (TPSA) is 101 Å². The fourth-order valence-electron chi connectivity index (χ4n) is 2.29. The normalized spacial score (nSPS) is 10.2. The van der Waals surface area contributed by atoms with E-state index in [9.17, 15) is 4.79 Å². The van der Waals surface area contributed by atoms with Gasteiger partial charge in [0.1, 0.15) is 5.69 Å². The molecule has 2 heterocycles.